The highest BCUT2D eigenvalue weighted by molar-refractivity contribution is 7.80. The number of nitrogens with one attached hydrogen (secondary N) is 2. The Morgan fingerprint density at radius 3 is 2.93 bits per heavy atom. The highest BCUT2D eigenvalue weighted by Gasteiger charge is 1.98. The van der Waals surface area contributed by atoms with Gasteiger partial charge in [-0.15, -0.1) is 10.2 Å². The largest absolute Gasteiger partial charge is 0.467 e. The molecule has 2 aromatic heterocycles. The lowest BCUT2D eigenvalue weighted by atomic mass is 10.4. The molecule has 0 atom stereocenters. The first kappa shape index (κ1) is 9.66. The van der Waals surface area contributed by atoms with E-state index < -0.39 is 0 Å². The van der Waals surface area contributed by atoms with Crippen molar-refractivity contribution in [1.82, 2.24) is 20.2 Å². The summed E-state index contributed by atoms with van der Waals surface area (Å²) in [6.45, 7) is 0.543. The van der Waals surface area contributed by atoms with Gasteiger partial charge in [-0.3, -0.25) is 5.43 Å². The van der Waals surface area contributed by atoms with Gasteiger partial charge in [-0.1, -0.05) is 0 Å². The van der Waals surface area contributed by atoms with Gasteiger partial charge in [0.2, 0.25) is 0 Å². The van der Waals surface area contributed by atoms with Crippen molar-refractivity contribution in [3.63, 3.8) is 0 Å². The Hall–Kier alpha value is -1.89. The Morgan fingerprint density at radius 2 is 2.27 bits per heavy atom. The van der Waals surface area contributed by atoms with Gasteiger partial charge in [0, 0.05) is 0 Å². The maximum absolute atomic E-state index is 5.14. The minimum atomic E-state index is 0.478. The molecule has 0 aromatic carbocycles. The van der Waals surface area contributed by atoms with Crippen molar-refractivity contribution in [2.24, 2.45) is 0 Å². The van der Waals surface area contributed by atoms with Gasteiger partial charge in [0.05, 0.1) is 12.8 Å². The van der Waals surface area contributed by atoms with Crippen molar-refractivity contribution in [3.8, 4) is 0 Å². The maximum atomic E-state index is 5.14. The van der Waals surface area contributed by atoms with Gasteiger partial charge in [0.25, 0.3) is 0 Å². The zero-order valence-electron chi connectivity index (χ0n) is 7.75. The molecule has 0 saturated heterocycles. The smallest absolute Gasteiger partial charge is 0.186 e. The van der Waals surface area contributed by atoms with Crippen LogP contribution in [0.2, 0.25) is 0 Å². The number of nitrogens with zero attached hydrogens (tertiary/aromatic N) is 3. The van der Waals surface area contributed by atoms with Crippen molar-refractivity contribution < 1.29 is 4.42 Å². The molecule has 0 bridgehead atoms. The minimum absolute atomic E-state index is 0.478. The molecule has 0 radical (unpaired) electrons. The Kier molecular flexibility index (Phi) is 2.93. The SMILES string of the molecule is S=C(NCc1ccco1)Nn1cnnc1. The number of rotatable bonds is 3. The van der Waals surface area contributed by atoms with Crippen molar-refractivity contribution >= 4 is 17.3 Å². The summed E-state index contributed by atoms with van der Waals surface area (Å²) in [5.41, 5.74) is 2.85. The van der Waals surface area contributed by atoms with E-state index in [1.165, 1.54) is 12.7 Å². The van der Waals surface area contributed by atoms with Gasteiger partial charge in [-0.05, 0) is 24.4 Å². The molecular formula is C8H9N5OS. The Labute approximate surface area is 91.3 Å². The number of aromatic nitrogens is 3. The van der Waals surface area contributed by atoms with E-state index in [1.54, 1.807) is 10.9 Å². The van der Waals surface area contributed by atoms with E-state index in [9.17, 15) is 0 Å². The average molecular weight is 223 g/mol. The van der Waals surface area contributed by atoms with E-state index in [0.29, 0.717) is 11.7 Å². The van der Waals surface area contributed by atoms with Crippen LogP contribution in [0.25, 0.3) is 0 Å². The topological polar surface area (TPSA) is 67.9 Å². The lowest BCUT2D eigenvalue weighted by Crippen LogP contribution is -2.32. The molecule has 0 spiro atoms. The summed E-state index contributed by atoms with van der Waals surface area (Å²) in [7, 11) is 0. The molecule has 2 heterocycles. The van der Waals surface area contributed by atoms with Crippen LogP contribution in [0.3, 0.4) is 0 Å². The molecule has 78 valence electrons. The molecule has 0 amide bonds. The van der Waals surface area contributed by atoms with Gasteiger partial charge in [0.1, 0.15) is 18.4 Å². The van der Waals surface area contributed by atoms with E-state index in [2.05, 4.69) is 20.9 Å². The normalized spacial score (nSPS) is 9.87. The lowest BCUT2D eigenvalue weighted by Gasteiger charge is -2.08. The van der Waals surface area contributed by atoms with Crippen LogP contribution < -0.4 is 10.7 Å². The number of hydrogen-bond donors (Lipinski definition) is 2. The fourth-order valence-corrected chi connectivity index (χ4v) is 1.17. The van der Waals surface area contributed by atoms with Gasteiger partial charge in [0.15, 0.2) is 5.11 Å². The second-order valence-corrected chi connectivity index (χ2v) is 3.15. The summed E-state index contributed by atoms with van der Waals surface area (Å²) < 4.78 is 6.69. The summed E-state index contributed by atoms with van der Waals surface area (Å²) >= 11 is 5.03. The highest BCUT2D eigenvalue weighted by Crippen LogP contribution is 1.98. The summed E-state index contributed by atoms with van der Waals surface area (Å²) in [5, 5.41) is 10.7. The Balaban J connectivity index is 1.78. The third-order valence-electron chi connectivity index (χ3n) is 1.65. The fourth-order valence-electron chi connectivity index (χ4n) is 0.996. The molecule has 2 aromatic rings. The quantitative estimate of drug-likeness (QED) is 0.738. The summed E-state index contributed by atoms with van der Waals surface area (Å²) in [4.78, 5) is 0. The van der Waals surface area contributed by atoms with Crippen LogP contribution in [-0.4, -0.2) is 20.0 Å². The van der Waals surface area contributed by atoms with Gasteiger partial charge >= 0.3 is 0 Å². The first-order valence-corrected chi connectivity index (χ1v) is 4.67. The van der Waals surface area contributed by atoms with Crippen molar-refractivity contribution in [3.05, 3.63) is 36.8 Å². The van der Waals surface area contributed by atoms with Crippen LogP contribution in [0.4, 0.5) is 0 Å². The molecule has 0 saturated carbocycles. The van der Waals surface area contributed by atoms with Crippen LogP contribution >= 0.6 is 12.2 Å². The Bertz CT molecular complexity index is 410. The molecule has 0 fully saturated rings. The second kappa shape index (κ2) is 4.56. The zero-order valence-corrected chi connectivity index (χ0v) is 8.57. The molecule has 0 aliphatic rings. The molecule has 2 rings (SSSR count). The van der Waals surface area contributed by atoms with Gasteiger partial charge in [-0.2, -0.15) is 0 Å². The standard InChI is InChI=1S/C8H9N5OS/c15-8(12-13-5-10-11-6-13)9-4-7-2-1-3-14-7/h1-3,5-6H,4H2,(H2,9,12,15). The minimum Gasteiger partial charge on any atom is -0.467 e. The molecule has 7 heteroatoms. The van der Waals surface area contributed by atoms with Crippen molar-refractivity contribution in [2.75, 3.05) is 5.43 Å². The third-order valence-corrected chi connectivity index (χ3v) is 1.89. The van der Waals surface area contributed by atoms with E-state index >= 15 is 0 Å². The average Bonchev–Trinajstić information content (AvgIpc) is 2.86. The van der Waals surface area contributed by atoms with Crippen LogP contribution in [0.15, 0.2) is 35.5 Å². The van der Waals surface area contributed by atoms with Crippen LogP contribution in [0.1, 0.15) is 5.76 Å². The zero-order chi connectivity index (χ0) is 10.5. The monoisotopic (exact) mass is 223 g/mol. The maximum Gasteiger partial charge on any atom is 0.186 e. The van der Waals surface area contributed by atoms with E-state index in [-0.39, 0.29) is 0 Å². The number of furan rings is 1. The highest BCUT2D eigenvalue weighted by atomic mass is 32.1. The molecule has 6 nitrogen and oxygen atoms in total. The van der Waals surface area contributed by atoms with Crippen molar-refractivity contribution in [2.45, 2.75) is 6.54 Å². The van der Waals surface area contributed by atoms with Gasteiger partial charge < -0.3 is 9.73 Å². The predicted octanol–water partition coefficient (Wildman–Crippen LogP) is 0.489. The summed E-state index contributed by atoms with van der Waals surface area (Å²) in [6.07, 6.45) is 4.65. The van der Waals surface area contributed by atoms with Crippen LogP contribution in [0.5, 0.6) is 0 Å². The molecule has 0 aliphatic heterocycles. The number of thiocarbonyl (C=S) groups is 1. The molecule has 15 heavy (non-hydrogen) atoms. The molecule has 0 unspecified atom stereocenters. The molecule has 0 aliphatic carbocycles. The van der Waals surface area contributed by atoms with Crippen LogP contribution in [0, 0.1) is 0 Å². The summed E-state index contributed by atoms with van der Waals surface area (Å²) in [5.74, 6) is 0.822. The molecule has 2 N–H and O–H groups in total. The van der Waals surface area contributed by atoms with Gasteiger partial charge in [-0.25, -0.2) is 4.68 Å². The second-order valence-electron chi connectivity index (χ2n) is 2.74. The number of hydrogen-bond acceptors (Lipinski definition) is 4. The van der Waals surface area contributed by atoms with E-state index in [4.69, 9.17) is 16.6 Å². The van der Waals surface area contributed by atoms with Crippen LogP contribution in [-0.2, 0) is 6.54 Å². The summed E-state index contributed by atoms with van der Waals surface area (Å²) in [6, 6.07) is 3.70. The Morgan fingerprint density at radius 1 is 1.47 bits per heavy atom. The van der Waals surface area contributed by atoms with E-state index in [1.807, 2.05) is 12.1 Å². The van der Waals surface area contributed by atoms with Crippen molar-refractivity contribution in [1.29, 1.82) is 0 Å². The predicted molar refractivity (Wildman–Crippen MR) is 57.5 cm³/mol. The lowest BCUT2D eigenvalue weighted by molar-refractivity contribution is 0.503. The molecular weight excluding hydrogens is 214 g/mol. The van der Waals surface area contributed by atoms with E-state index in [0.717, 1.165) is 5.76 Å². The first-order valence-electron chi connectivity index (χ1n) is 4.26. The first-order chi connectivity index (χ1) is 7.34. The fraction of sp³-hybridized carbons (Fsp3) is 0.125. The third kappa shape index (κ3) is 2.78.